The molecule has 1 aliphatic heterocycles. The van der Waals surface area contributed by atoms with E-state index in [4.69, 9.17) is 15.2 Å². The minimum atomic E-state index is -1.18. The van der Waals surface area contributed by atoms with Crippen LogP contribution in [0.3, 0.4) is 0 Å². The van der Waals surface area contributed by atoms with Gasteiger partial charge in [0.05, 0.1) is 11.7 Å². The molecular formula is C21H27FN6O3. The van der Waals surface area contributed by atoms with Gasteiger partial charge in [-0.1, -0.05) is 0 Å². The SMILES string of the molecule is Cn1ncc(OC[C@H]2[C@H](F)CCN2C(=O)OC(C)(C)C)c1-c1ccn2nc(N)cc2c1. The van der Waals surface area contributed by atoms with Gasteiger partial charge in [-0.25, -0.2) is 13.7 Å². The highest BCUT2D eigenvalue weighted by Gasteiger charge is 2.40. The Morgan fingerprint density at radius 1 is 1.35 bits per heavy atom. The van der Waals surface area contributed by atoms with Crippen LogP contribution < -0.4 is 10.5 Å². The Kier molecular flexibility index (Phi) is 5.24. The van der Waals surface area contributed by atoms with Crippen molar-refractivity contribution in [3.05, 3.63) is 30.6 Å². The van der Waals surface area contributed by atoms with E-state index in [0.29, 0.717) is 18.1 Å². The van der Waals surface area contributed by atoms with E-state index in [1.165, 1.54) is 4.90 Å². The molecule has 1 amide bonds. The number of carbonyl (C=O) groups is 1. The van der Waals surface area contributed by atoms with Crippen molar-refractivity contribution in [3.8, 4) is 17.0 Å². The number of nitrogens with two attached hydrogens (primary N) is 1. The van der Waals surface area contributed by atoms with Crippen molar-refractivity contribution in [1.82, 2.24) is 24.3 Å². The predicted molar refractivity (Wildman–Crippen MR) is 114 cm³/mol. The fourth-order valence-electron chi connectivity index (χ4n) is 3.75. The lowest BCUT2D eigenvalue weighted by atomic mass is 10.1. The third-order valence-corrected chi connectivity index (χ3v) is 5.16. The van der Waals surface area contributed by atoms with Gasteiger partial charge in [-0.2, -0.15) is 10.2 Å². The van der Waals surface area contributed by atoms with Gasteiger partial charge in [-0.15, -0.1) is 0 Å². The zero-order valence-corrected chi connectivity index (χ0v) is 18.1. The van der Waals surface area contributed by atoms with Gasteiger partial charge in [0.1, 0.15) is 35.9 Å². The van der Waals surface area contributed by atoms with Crippen molar-refractivity contribution in [2.75, 3.05) is 18.9 Å². The first-order valence-electron chi connectivity index (χ1n) is 10.2. The summed E-state index contributed by atoms with van der Waals surface area (Å²) < 4.78 is 29.3. The number of anilines is 1. The molecule has 0 saturated carbocycles. The van der Waals surface area contributed by atoms with Gasteiger partial charge in [0.25, 0.3) is 0 Å². The average molecular weight is 430 g/mol. The number of pyridine rings is 1. The van der Waals surface area contributed by atoms with E-state index >= 15 is 0 Å². The van der Waals surface area contributed by atoms with Crippen molar-refractivity contribution < 1.29 is 18.7 Å². The zero-order valence-electron chi connectivity index (χ0n) is 18.1. The first-order chi connectivity index (χ1) is 14.6. The molecule has 9 nitrogen and oxygen atoms in total. The minimum absolute atomic E-state index is 0.000970. The van der Waals surface area contributed by atoms with Crippen LogP contribution in [-0.2, 0) is 11.8 Å². The summed E-state index contributed by atoms with van der Waals surface area (Å²) in [6, 6.07) is 4.85. The first-order valence-corrected chi connectivity index (χ1v) is 10.2. The van der Waals surface area contributed by atoms with Crippen molar-refractivity contribution in [1.29, 1.82) is 0 Å². The average Bonchev–Trinajstić information content (AvgIpc) is 3.34. The lowest BCUT2D eigenvalue weighted by Crippen LogP contribution is -2.44. The van der Waals surface area contributed by atoms with Crippen molar-refractivity contribution in [2.45, 2.75) is 45.0 Å². The summed E-state index contributed by atoms with van der Waals surface area (Å²) in [6.45, 7) is 5.65. The second-order valence-electron chi connectivity index (χ2n) is 8.69. The molecule has 1 fully saturated rings. The quantitative estimate of drug-likeness (QED) is 0.683. The standard InChI is InChI=1S/C21H27FN6O3/c1-21(2,3)31-20(29)27-7-6-15(22)16(27)12-30-17-11-24-26(4)19(17)13-5-8-28-14(9-13)10-18(23)25-28/h5,8-11,15-16H,6-7,12H2,1-4H3,(H2,23,25)/t15-,16+/m1/s1. The number of halogens is 1. The molecule has 10 heteroatoms. The predicted octanol–water partition coefficient (Wildman–Crippen LogP) is 3.04. The van der Waals surface area contributed by atoms with Crippen LogP contribution in [0.5, 0.6) is 5.75 Å². The zero-order chi connectivity index (χ0) is 22.3. The highest BCUT2D eigenvalue weighted by molar-refractivity contribution is 5.72. The number of aromatic nitrogens is 4. The monoisotopic (exact) mass is 430 g/mol. The van der Waals surface area contributed by atoms with Gasteiger partial charge in [-0.3, -0.25) is 9.58 Å². The van der Waals surface area contributed by atoms with E-state index < -0.39 is 23.9 Å². The van der Waals surface area contributed by atoms with Crippen LogP contribution in [0.2, 0.25) is 0 Å². The fraction of sp³-hybridized carbons (Fsp3) is 0.476. The molecule has 0 unspecified atom stereocenters. The molecule has 2 atom stereocenters. The summed E-state index contributed by atoms with van der Waals surface area (Å²) in [5.74, 6) is 0.929. The number of amides is 1. The smallest absolute Gasteiger partial charge is 0.410 e. The molecule has 4 rings (SSSR count). The number of carbonyl (C=O) groups excluding carboxylic acids is 1. The molecule has 0 spiro atoms. The minimum Gasteiger partial charge on any atom is -0.487 e. The third kappa shape index (κ3) is 4.28. The molecule has 4 heterocycles. The number of fused-ring (bicyclic) bond motifs is 1. The molecule has 3 aromatic heterocycles. The van der Waals surface area contributed by atoms with Crippen LogP contribution >= 0.6 is 0 Å². The summed E-state index contributed by atoms with van der Waals surface area (Å²) in [7, 11) is 1.80. The number of rotatable bonds is 4. The Morgan fingerprint density at radius 3 is 2.87 bits per heavy atom. The summed E-state index contributed by atoms with van der Waals surface area (Å²) >= 11 is 0. The van der Waals surface area contributed by atoms with Gasteiger partial charge in [0.2, 0.25) is 0 Å². The normalized spacial score (nSPS) is 19.2. The Labute approximate surface area is 179 Å². The summed E-state index contributed by atoms with van der Waals surface area (Å²) in [4.78, 5) is 13.9. The Hall–Kier alpha value is -3.30. The highest BCUT2D eigenvalue weighted by Crippen LogP contribution is 2.32. The lowest BCUT2D eigenvalue weighted by Gasteiger charge is -2.29. The van der Waals surface area contributed by atoms with Gasteiger partial charge >= 0.3 is 6.09 Å². The summed E-state index contributed by atoms with van der Waals surface area (Å²) in [5.41, 5.74) is 7.55. The number of aryl methyl sites for hydroxylation is 1. The van der Waals surface area contributed by atoms with Crippen LogP contribution in [0.1, 0.15) is 27.2 Å². The van der Waals surface area contributed by atoms with Crippen LogP contribution in [0.15, 0.2) is 30.6 Å². The number of ether oxygens (including phenoxy) is 2. The van der Waals surface area contributed by atoms with Crippen molar-refractivity contribution in [3.63, 3.8) is 0 Å². The second kappa shape index (κ2) is 7.75. The van der Waals surface area contributed by atoms with Crippen LogP contribution in [0, 0.1) is 0 Å². The Morgan fingerprint density at radius 2 is 2.13 bits per heavy atom. The van der Waals surface area contributed by atoms with Crippen molar-refractivity contribution in [2.24, 2.45) is 7.05 Å². The Bertz CT molecular complexity index is 1100. The molecule has 2 N–H and O–H groups in total. The number of nitrogens with zero attached hydrogens (tertiary/aromatic N) is 5. The molecular weight excluding hydrogens is 403 g/mol. The van der Waals surface area contributed by atoms with Crippen LogP contribution in [-0.4, -0.2) is 61.4 Å². The van der Waals surface area contributed by atoms with E-state index in [2.05, 4.69) is 10.2 Å². The van der Waals surface area contributed by atoms with Gasteiger partial charge in [-0.05, 0) is 39.3 Å². The molecule has 0 radical (unpaired) electrons. The maximum Gasteiger partial charge on any atom is 0.410 e. The second-order valence-corrected chi connectivity index (χ2v) is 8.69. The summed E-state index contributed by atoms with van der Waals surface area (Å²) in [5, 5.41) is 8.47. The molecule has 1 saturated heterocycles. The molecule has 1 aliphatic rings. The fourth-order valence-corrected chi connectivity index (χ4v) is 3.75. The molecule has 3 aromatic rings. The first kappa shape index (κ1) is 21.0. The topological polar surface area (TPSA) is 99.9 Å². The molecule has 0 aliphatic carbocycles. The molecule has 0 aromatic carbocycles. The maximum absolute atomic E-state index is 14.6. The van der Waals surface area contributed by atoms with Crippen LogP contribution in [0.25, 0.3) is 16.8 Å². The van der Waals surface area contributed by atoms with E-state index in [1.54, 1.807) is 55.5 Å². The van der Waals surface area contributed by atoms with Gasteiger partial charge in [0.15, 0.2) is 5.75 Å². The molecule has 0 bridgehead atoms. The van der Waals surface area contributed by atoms with Gasteiger partial charge in [0, 0.05) is 31.4 Å². The number of hydrogen-bond donors (Lipinski definition) is 1. The Balaban J connectivity index is 1.54. The summed E-state index contributed by atoms with van der Waals surface area (Å²) in [6.07, 6.45) is 1.93. The largest absolute Gasteiger partial charge is 0.487 e. The van der Waals surface area contributed by atoms with E-state index in [1.807, 2.05) is 12.1 Å². The number of nitrogen functional groups attached to an aromatic ring is 1. The van der Waals surface area contributed by atoms with E-state index in [9.17, 15) is 9.18 Å². The van der Waals surface area contributed by atoms with Crippen molar-refractivity contribution >= 4 is 17.4 Å². The van der Waals surface area contributed by atoms with Gasteiger partial charge < -0.3 is 15.2 Å². The molecule has 166 valence electrons. The number of alkyl halides is 1. The maximum atomic E-state index is 14.6. The third-order valence-electron chi connectivity index (χ3n) is 5.16. The number of likely N-dealkylation sites (tertiary alicyclic amines) is 1. The molecule has 31 heavy (non-hydrogen) atoms. The number of hydrogen-bond acceptors (Lipinski definition) is 6. The van der Waals surface area contributed by atoms with Crippen LogP contribution in [0.4, 0.5) is 15.0 Å². The van der Waals surface area contributed by atoms with E-state index in [-0.39, 0.29) is 13.0 Å². The lowest BCUT2D eigenvalue weighted by molar-refractivity contribution is 0.0145. The van der Waals surface area contributed by atoms with E-state index in [0.717, 1.165) is 16.8 Å². The highest BCUT2D eigenvalue weighted by atomic mass is 19.1.